The number of nitrogens with zero attached hydrogens (tertiary/aromatic N) is 7. The molecule has 3 heterocycles. The molecule has 158 valence electrons. The smallest absolute Gasteiger partial charge is 0.0517 e. The molecule has 0 aromatic carbocycles. The highest BCUT2D eigenvalue weighted by molar-refractivity contribution is 5.80. The topological polar surface area (TPSA) is 79.0 Å². The summed E-state index contributed by atoms with van der Waals surface area (Å²) in [7, 11) is 0. The molecule has 0 saturated heterocycles. The van der Waals surface area contributed by atoms with E-state index in [9.17, 15) is 0 Å². The van der Waals surface area contributed by atoms with Gasteiger partial charge in [0.25, 0.3) is 0 Å². The molecule has 7 heteroatoms. The molecule has 0 unspecified atom stereocenters. The molecule has 0 aliphatic rings. The van der Waals surface area contributed by atoms with E-state index >= 15 is 0 Å². The largest absolute Gasteiger partial charge is 0.298 e. The van der Waals surface area contributed by atoms with E-state index in [1.54, 1.807) is 37.2 Å². The Morgan fingerprint density at radius 1 is 0.516 bits per heavy atom. The minimum absolute atomic E-state index is 0.727. The number of hydrogen-bond acceptors (Lipinski definition) is 7. The Labute approximate surface area is 183 Å². The molecule has 0 saturated carbocycles. The molecule has 0 aliphatic heterocycles. The van der Waals surface area contributed by atoms with Crippen LogP contribution >= 0.6 is 0 Å². The number of rotatable bonds is 12. The predicted molar refractivity (Wildman–Crippen MR) is 127 cm³/mol. The number of aromatic nitrogens is 3. The van der Waals surface area contributed by atoms with Gasteiger partial charge in [0.2, 0.25) is 0 Å². The summed E-state index contributed by atoms with van der Waals surface area (Å²) in [4.78, 5) is 28.1. The third kappa shape index (κ3) is 9.18. The van der Waals surface area contributed by atoms with E-state index in [1.807, 2.05) is 55.0 Å². The lowest BCUT2D eigenvalue weighted by Gasteiger charge is -2.19. The Bertz CT molecular complexity index is 814. The maximum absolute atomic E-state index is 4.55. The number of aliphatic imine (C=N–C) groups is 3. The van der Waals surface area contributed by atoms with Gasteiger partial charge >= 0.3 is 0 Å². The van der Waals surface area contributed by atoms with E-state index in [0.29, 0.717) is 0 Å². The second-order valence-electron chi connectivity index (χ2n) is 6.79. The Hall–Kier alpha value is -3.58. The van der Waals surface area contributed by atoms with E-state index in [-0.39, 0.29) is 0 Å². The van der Waals surface area contributed by atoms with E-state index in [1.165, 1.54) is 0 Å². The highest BCUT2D eigenvalue weighted by Crippen LogP contribution is 1.96. The summed E-state index contributed by atoms with van der Waals surface area (Å²) < 4.78 is 0. The summed E-state index contributed by atoms with van der Waals surface area (Å²) in [5.41, 5.74) is 3.18. The monoisotopic (exact) mass is 413 g/mol. The maximum Gasteiger partial charge on any atom is 0.0517 e. The van der Waals surface area contributed by atoms with Crippen molar-refractivity contribution in [2.45, 2.75) is 0 Å². The van der Waals surface area contributed by atoms with Crippen molar-refractivity contribution in [1.29, 1.82) is 0 Å². The summed E-state index contributed by atoms with van der Waals surface area (Å²) >= 11 is 0. The lowest BCUT2D eigenvalue weighted by atomic mass is 10.3. The van der Waals surface area contributed by atoms with Gasteiger partial charge in [0, 0.05) is 75.5 Å². The van der Waals surface area contributed by atoms with Crippen LogP contribution in [-0.4, -0.2) is 77.8 Å². The zero-order chi connectivity index (χ0) is 21.4. The van der Waals surface area contributed by atoms with E-state index < -0.39 is 0 Å². The van der Waals surface area contributed by atoms with Crippen LogP contribution in [0.5, 0.6) is 0 Å². The SMILES string of the molecule is C(=NCCN(CCN=Cc1ccncc1)CCN=Cc1ccncc1)c1ccncc1. The summed E-state index contributed by atoms with van der Waals surface area (Å²) in [6, 6.07) is 11.7. The Morgan fingerprint density at radius 3 is 1.10 bits per heavy atom. The second kappa shape index (κ2) is 13.6. The molecule has 31 heavy (non-hydrogen) atoms. The van der Waals surface area contributed by atoms with Gasteiger partial charge in [-0.15, -0.1) is 0 Å². The van der Waals surface area contributed by atoms with Gasteiger partial charge in [-0.3, -0.25) is 34.8 Å². The lowest BCUT2D eigenvalue weighted by Crippen LogP contribution is -2.31. The highest BCUT2D eigenvalue weighted by atomic mass is 15.1. The van der Waals surface area contributed by atoms with E-state index in [2.05, 4.69) is 34.8 Å². The zero-order valence-electron chi connectivity index (χ0n) is 17.5. The fraction of sp³-hybridized carbons (Fsp3) is 0.250. The predicted octanol–water partition coefficient (Wildman–Crippen LogP) is 2.83. The van der Waals surface area contributed by atoms with Crippen molar-refractivity contribution in [3.63, 3.8) is 0 Å². The van der Waals surface area contributed by atoms with Crippen LogP contribution in [0.2, 0.25) is 0 Å². The van der Waals surface area contributed by atoms with Crippen molar-refractivity contribution >= 4 is 18.6 Å². The first-order valence-corrected chi connectivity index (χ1v) is 10.3. The summed E-state index contributed by atoms with van der Waals surface area (Å²) in [5.74, 6) is 0. The van der Waals surface area contributed by atoms with Crippen molar-refractivity contribution in [3.05, 3.63) is 90.3 Å². The van der Waals surface area contributed by atoms with Gasteiger partial charge < -0.3 is 0 Å². The van der Waals surface area contributed by atoms with Gasteiger partial charge in [-0.1, -0.05) is 0 Å². The van der Waals surface area contributed by atoms with Crippen molar-refractivity contribution in [2.24, 2.45) is 15.0 Å². The molecule has 0 bridgehead atoms. The number of hydrogen-bond donors (Lipinski definition) is 0. The molecule has 0 N–H and O–H groups in total. The van der Waals surface area contributed by atoms with Crippen LogP contribution in [0.15, 0.2) is 88.6 Å². The zero-order valence-corrected chi connectivity index (χ0v) is 17.5. The molecule has 0 spiro atoms. The first-order valence-electron chi connectivity index (χ1n) is 10.3. The van der Waals surface area contributed by atoms with Crippen molar-refractivity contribution in [1.82, 2.24) is 19.9 Å². The quantitative estimate of drug-likeness (QED) is 0.428. The molecule has 0 atom stereocenters. The van der Waals surface area contributed by atoms with Crippen LogP contribution in [0.1, 0.15) is 16.7 Å². The molecule has 3 aromatic heterocycles. The van der Waals surface area contributed by atoms with Crippen LogP contribution in [0.25, 0.3) is 0 Å². The molecule has 0 fully saturated rings. The normalized spacial score (nSPS) is 11.9. The van der Waals surface area contributed by atoms with Crippen LogP contribution < -0.4 is 0 Å². The third-order valence-electron chi connectivity index (χ3n) is 4.48. The fourth-order valence-electron chi connectivity index (χ4n) is 2.79. The van der Waals surface area contributed by atoms with Gasteiger partial charge in [0.1, 0.15) is 0 Å². The third-order valence-corrected chi connectivity index (χ3v) is 4.48. The lowest BCUT2D eigenvalue weighted by molar-refractivity contribution is 0.298. The second-order valence-corrected chi connectivity index (χ2v) is 6.79. The average molecular weight is 414 g/mol. The van der Waals surface area contributed by atoms with E-state index in [0.717, 1.165) is 56.0 Å². The Kier molecular flexibility index (Phi) is 9.71. The molecule has 0 amide bonds. The Balaban J connectivity index is 1.47. The highest BCUT2D eigenvalue weighted by Gasteiger charge is 2.03. The minimum Gasteiger partial charge on any atom is -0.298 e. The summed E-state index contributed by atoms with van der Waals surface area (Å²) in [6.07, 6.45) is 16.3. The fourth-order valence-corrected chi connectivity index (χ4v) is 2.79. The van der Waals surface area contributed by atoms with Crippen molar-refractivity contribution in [2.75, 3.05) is 39.3 Å². The van der Waals surface area contributed by atoms with Gasteiger partial charge in [-0.05, 0) is 53.1 Å². The average Bonchev–Trinajstić information content (AvgIpc) is 2.83. The van der Waals surface area contributed by atoms with Gasteiger partial charge in [0.05, 0.1) is 19.6 Å². The first kappa shape index (κ1) is 22.1. The molecule has 0 radical (unpaired) electrons. The molecule has 3 aromatic rings. The molecule has 3 rings (SSSR count). The van der Waals surface area contributed by atoms with Gasteiger partial charge in [0.15, 0.2) is 0 Å². The Morgan fingerprint density at radius 2 is 0.806 bits per heavy atom. The van der Waals surface area contributed by atoms with Crippen molar-refractivity contribution < 1.29 is 0 Å². The molecular formula is C24H27N7. The molecule has 0 aliphatic carbocycles. The molecule has 7 nitrogen and oxygen atoms in total. The summed E-state index contributed by atoms with van der Waals surface area (Å²) in [6.45, 7) is 4.75. The van der Waals surface area contributed by atoms with Gasteiger partial charge in [-0.25, -0.2) is 0 Å². The minimum atomic E-state index is 0.727. The van der Waals surface area contributed by atoms with Crippen molar-refractivity contribution in [3.8, 4) is 0 Å². The maximum atomic E-state index is 4.55. The van der Waals surface area contributed by atoms with Crippen LogP contribution in [0.3, 0.4) is 0 Å². The number of pyridine rings is 3. The molecular weight excluding hydrogens is 386 g/mol. The van der Waals surface area contributed by atoms with E-state index in [4.69, 9.17) is 0 Å². The summed E-state index contributed by atoms with van der Waals surface area (Å²) in [5, 5.41) is 0. The van der Waals surface area contributed by atoms with Gasteiger partial charge in [-0.2, -0.15) is 0 Å². The first-order chi connectivity index (χ1) is 15.4. The van der Waals surface area contributed by atoms with Crippen LogP contribution in [0, 0.1) is 0 Å². The standard InChI is InChI=1S/C24H27N7/c1-7-25-8-2-22(1)19-28-13-16-31(17-14-29-20-23-3-9-26-10-4-23)18-15-30-21-24-5-11-27-12-6-24/h1-12,19-21H,13-18H2. The van der Waals surface area contributed by atoms with Crippen LogP contribution in [-0.2, 0) is 0 Å². The van der Waals surface area contributed by atoms with Crippen LogP contribution in [0.4, 0.5) is 0 Å².